The van der Waals surface area contributed by atoms with Crippen molar-refractivity contribution in [2.45, 2.75) is 13.3 Å². The lowest BCUT2D eigenvalue weighted by molar-refractivity contribution is 0.276. The molecule has 108 valence electrons. The van der Waals surface area contributed by atoms with E-state index in [9.17, 15) is 8.42 Å². The third-order valence-corrected chi connectivity index (χ3v) is 3.95. The number of rotatable bonds is 8. The monoisotopic (exact) mass is 288 g/mol. The van der Waals surface area contributed by atoms with Gasteiger partial charge in [-0.3, -0.25) is 4.72 Å². The topological polar surface area (TPSA) is 78.9 Å². The maximum absolute atomic E-state index is 12.0. The highest BCUT2D eigenvalue weighted by Gasteiger charge is 2.18. The van der Waals surface area contributed by atoms with Crippen molar-refractivity contribution in [3.8, 4) is 5.75 Å². The number of nitrogens with zero attached hydrogens (tertiary/aromatic N) is 1. The molecule has 0 bridgehead atoms. The van der Waals surface area contributed by atoms with E-state index in [1.54, 1.807) is 24.3 Å². The van der Waals surface area contributed by atoms with Gasteiger partial charge < -0.3 is 9.84 Å². The van der Waals surface area contributed by atoms with E-state index < -0.39 is 10.2 Å². The zero-order chi connectivity index (χ0) is 14.3. The molecule has 0 unspecified atom stereocenters. The molecule has 19 heavy (non-hydrogen) atoms. The van der Waals surface area contributed by atoms with E-state index in [1.165, 1.54) is 7.05 Å². The summed E-state index contributed by atoms with van der Waals surface area (Å²) in [5.74, 6) is 0.490. The molecule has 0 saturated carbocycles. The number of benzene rings is 1. The molecule has 0 atom stereocenters. The van der Waals surface area contributed by atoms with Gasteiger partial charge in [0.05, 0.1) is 12.3 Å². The molecule has 0 aliphatic heterocycles. The fraction of sp³-hybridized carbons (Fsp3) is 0.500. The maximum Gasteiger partial charge on any atom is 0.301 e. The van der Waals surface area contributed by atoms with Gasteiger partial charge in [-0.1, -0.05) is 12.1 Å². The Morgan fingerprint density at radius 3 is 2.68 bits per heavy atom. The van der Waals surface area contributed by atoms with Crippen molar-refractivity contribution in [3.63, 3.8) is 0 Å². The Bertz CT molecular complexity index is 490. The van der Waals surface area contributed by atoms with Gasteiger partial charge in [-0.15, -0.1) is 0 Å². The molecule has 0 amide bonds. The summed E-state index contributed by atoms with van der Waals surface area (Å²) in [6.45, 7) is 2.50. The second-order valence-corrected chi connectivity index (χ2v) is 5.71. The summed E-state index contributed by atoms with van der Waals surface area (Å²) in [5.41, 5.74) is 0.403. The first-order valence-corrected chi connectivity index (χ1v) is 7.52. The van der Waals surface area contributed by atoms with Crippen LogP contribution in [0.25, 0.3) is 0 Å². The molecular formula is C12H20N2O4S. The van der Waals surface area contributed by atoms with Crippen molar-refractivity contribution in [2.75, 3.05) is 31.5 Å². The van der Waals surface area contributed by atoms with Gasteiger partial charge in [0.2, 0.25) is 0 Å². The fourth-order valence-electron chi connectivity index (χ4n) is 1.46. The lowest BCUT2D eigenvalue weighted by atomic mass is 10.3. The minimum atomic E-state index is -3.63. The Kier molecular flexibility index (Phi) is 6.07. The normalized spacial score (nSPS) is 11.6. The smallest absolute Gasteiger partial charge is 0.301 e. The zero-order valence-corrected chi connectivity index (χ0v) is 12.0. The van der Waals surface area contributed by atoms with Crippen LogP contribution in [-0.2, 0) is 10.2 Å². The standard InChI is InChI=1S/C12H20N2O4S/c1-3-18-12-8-5-4-7-11(12)13-19(16,17)14(2)9-6-10-15/h4-5,7-8,13,15H,3,6,9-10H2,1-2H3. The lowest BCUT2D eigenvalue weighted by Crippen LogP contribution is -2.33. The summed E-state index contributed by atoms with van der Waals surface area (Å²) in [5, 5.41) is 8.72. The molecule has 0 fully saturated rings. The summed E-state index contributed by atoms with van der Waals surface area (Å²) >= 11 is 0. The summed E-state index contributed by atoms with van der Waals surface area (Å²) in [6, 6.07) is 6.85. The van der Waals surface area contributed by atoms with Crippen LogP contribution in [0.4, 0.5) is 5.69 Å². The van der Waals surface area contributed by atoms with E-state index in [-0.39, 0.29) is 13.2 Å². The Hall–Kier alpha value is -1.31. The number of nitrogens with one attached hydrogen (secondary N) is 1. The first kappa shape index (κ1) is 15.7. The van der Waals surface area contributed by atoms with Crippen LogP contribution in [-0.4, -0.2) is 44.6 Å². The summed E-state index contributed by atoms with van der Waals surface area (Å²) in [4.78, 5) is 0. The molecule has 1 aromatic rings. The van der Waals surface area contributed by atoms with Crippen molar-refractivity contribution >= 4 is 15.9 Å². The van der Waals surface area contributed by atoms with Gasteiger partial charge in [0.15, 0.2) is 0 Å². The van der Waals surface area contributed by atoms with Crippen LogP contribution in [0.1, 0.15) is 13.3 Å². The Labute approximate surface area is 114 Å². The molecule has 0 spiro atoms. The van der Waals surface area contributed by atoms with Gasteiger partial charge in [0.1, 0.15) is 5.75 Å². The van der Waals surface area contributed by atoms with Gasteiger partial charge in [-0.25, -0.2) is 0 Å². The highest BCUT2D eigenvalue weighted by molar-refractivity contribution is 7.90. The van der Waals surface area contributed by atoms with Crippen molar-refractivity contribution in [2.24, 2.45) is 0 Å². The van der Waals surface area contributed by atoms with Gasteiger partial charge in [-0.2, -0.15) is 12.7 Å². The second-order valence-electron chi connectivity index (χ2n) is 3.93. The first-order valence-electron chi connectivity index (χ1n) is 6.08. The Balaban J connectivity index is 2.83. The molecule has 2 N–H and O–H groups in total. The first-order chi connectivity index (χ1) is 9.01. The molecule has 7 heteroatoms. The lowest BCUT2D eigenvalue weighted by Gasteiger charge is -2.19. The average molecular weight is 288 g/mol. The molecule has 1 rings (SSSR count). The van der Waals surface area contributed by atoms with E-state index in [2.05, 4.69) is 4.72 Å². The van der Waals surface area contributed by atoms with Crippen LogP contribution < -0.4 is 9.46 Å². The quantitative estimate of drug-likeness (QED) is 0.749. The minimum absolute atomic E-state index is 0.0462. The summed E-state index contributed by atoms with van der Waals surface area (Å²) in [6.07, 6.45) is 0.393. The largest absolute Gasteiger partial charge is 0.492 e. The van der Waals surface area contributed by atoms with E-state index in [1.807, 2.05) is 6.92 Å². The molecule has 0 heterocycles. The number of hydrogen-bond acceptors (Lipinski definition) is 4. The van der Waals surface area contributed by atoms with Crippen molar-refractivity contribution in [1.82, 2.24) is 4.31 Å². The highest BCUT2D eigenvalue weighted by atomic mass is 32.2. The third kappa shape index (κ3) is 4.70. The van der Waals surface area contributed by atoms with Gasteiger partial charge >= 0.3 is 10.2 Å². The maximum atomic E-state index is 12.0. The van der Waals surface area contributed by atoms with Gasteiger partial charge in [0, 0.05) is 20.2 Å². The van der Waals surface area contributed by atoms with Crippen molar-refractivity contribution in [3.05, 3.63) is 24.3 Å². The second kappa shape index (κ2) is 7.32. The molecule has 6 nitrogen and oxygen atoms in total. The molecule has 1 aromatic carbocycles. The average Bonchev–Trinajstić information content (AvgIpc) is 2.38. The number of ether oxygens (including phenoxy) is 1. The summed E-state index contributed by atoms with van der Waals surface area (Å²) in [7, 11) is -2.17. The predicted molar refractivity (Wildman–Crippen MR) is 74.5 cm³/mol. The van der Waals surface area contributed by atoms with E-state index in [4.69, 9.17) is 9.84 Å². The zero-order valence-electron chi connectivity index (χ0n) is 11.2. The molecule has 0 aromatic heterocycles. The predicted octanol–water partition coefficient (Wildman–Crippen LogP) is 1.06. The van der Waals surface area contributed by atoms with E-state index in [0.717, 1.165) is 4.31 Å². The summed E-state index contributed by atoms with van der Waals surface area (Å²) < 4.78 is 33.1. The molecule has 0 saturated heterocycles. The molecule has 0 aliphatic rings. The minimum Gasteiger partial charge on any atom is -0.492 e. The third-order valence-electron chi connectivity index (χ3n) is 2.47. The van der Waals surface area contributed by atoms with Crippen LogP contribution in [0.15, 0.2) is 24.3 Å². The molecule has 0 aliphatic carbocycles. The van der Waals surface area contributed by atoms with Crippen LogP contribution in [0.3, 0.4) is 0 Å². The van der Waals surface area contributed by atoms with Crippen LogP contribution >= 0.6 is 0 Å². The van der Waals surface area contributed by atoms with Gasteiger partial charge in [0.25, 0.3) is 0 Å². The highest BCUT2D eigenvalue weighted by Crippen LogP contribution is 2.25. The number of hydrogen-bond donors (Lipinski definition) is 2. The van der Waals surface area contributed by atoms with Gasteiger partial charge in [-0.05, 0) is 25.5 Å². The van der Waals surface area contributed by atoms with Crippen LogP contribution in [0.2, 0.25) is 0 Å². The number of para-hydroxylation sites is 2. The number of aliphatic hydroxyl groups excluding tert-OH is 1. The number of anilines is 1. The van der Waals surface area contributed by atoms with Crippen molar-refractivity contribution < 1.29 is 18.3 Å². The molecule has 0 radical (unpaired) electrons. The van der Waals surface area contributed by atoms with Crippen LogP contribution in [0, 0.1) is 0 Å². The van der Waals surface area contributed by atoms with Crippen LogP contribution in [0.5, 0.6) is 5.75 Å². The number of aliphatic hydroxyl groups is 1. The Morgan fingerprint density at radius 2 is 2.05 bits per heavy atom. The van der Waals surface area contributed by atoms with E-state index in [0.29, 0.717) is 24.5 Å². The molecular weight excluding hydrogens is 268 g/mol. The Morgan fingerprint density at radius 1 is 1.37 bits per heavy atom. The SMILES string of the molecule is CCOc1ccccc1NS(=O)(=O)N(C)CCCO. The van der Waals surface area contributed by atoms with E-state index >= 15 is 0 Å². The van der Waals surface area contributed by atoms with Crippen molar-refractivity contribution in [1.29, 1.82) is 0 Å². The fourth-order valence-corrected chi connectivity index (χ4v) is 2.43.